The topological polar surface area (TPSA) is 70.6 Å². The molecular weight excluding hydrogens is 338 g/mol. The highest BCUT2D eigenvalue weighted by Gasteiger charge is 2.43. The van der Waals surface area contributed by atoms with Gasteiger partial charge in [-0.25, -0.2) is 5.43 Å². The molecule has 5 nitrogen and oxygen atoms in total. The van der Waals surface area contributed by atoms with Gasteiger partial charge in [0.25, 0.3) is 0 Å². The van der Waals surface area contributed by atoms with Crippen molar-refractivity contribution >= 4 is 23.2 Å². The second kappa shape index (κ2) is 7.35. The van der Waals surface area contributed by atoms with Crippen molar-refractivity contribution < 1.29 is 9.59 Å². The van der Waals surface area contributed by atoms with Crippen molar-refractivity contribution in [2.45, 2.75) is 32.1 Å². The fraction of sp³-hybridized carbons (Fsp3) is 0.318. The molecule has 2 unspecified atom stereocenters. The quantitative estimate of drug-likeness (QED) is 0.609. The highest BCUT2D eigenvalue weighted by Crippen LogP contribution is 2.47. The molecular formula is C22H23N3O2. The number of rotatable bonds is 6. The van der Waals surface area contributed by atoms with Crippen molar-refractivity contribution in [1.82, 2.24) is 5.43 Å². The van der Waals surface area contributed by atoms with Gasteiger partial charge in [-0.1, -0.05) is 42.5 Å². The number of hydrazone groups is 1. The Labute approximate surface area is 158 Å². The molecule has 27 heavy (non-hydrogen) atoms. The molecule has 2 aromatic carbocycles. The third-order valence-corrected chi connectivity index (χ3v) is 5.21. The molecule has 0 heterocycles. The lowest BCUT2D eigenvalue weighted by Gasteiger charge is -2.06. The highest BCUT2D eigenvalue weighted by atomic mass is 16.2. The summed E-state index contributed by atoms with van der Waals surface area (Å²) < 4.78 is 0. The largest absolute Gasteiger partial charge is 0.326 e. The third-order valence-electron chi connectivity index (χ3n) is 5.21. The summed E-state index contributed by atoms with van der Waals surface area (Å²) in [5.41, 5.74) is 6.34. The summed E-state index contributed by atoms with van der Waals surface area (Å²) in [5, 5.41) is 7.16. The van der Waals surface area contributed by atoms with Gasteiger partial charge in [0.1, 0.15) is 0 Å². The van der Waals surface area contributed by atoms with Crippen LogP contribution >= 0.6 is 0 Å². The number of carbonyl (C=O) groups excluding carboxylic acids is 2. The van der Waals surface area contributed by atoms with Crippen LogP contribution in [0.1, 0.15) is 43.2 Å². The molecule has 0 bridgehead atoms. The fourth-order valence-corrected chi connectivity index (χ4v) is 3.22. The monoisotopic (exact) mass is 361 g/mol. The molecule has 2 fully saturated rings. The van der Waals surface area contributed by atoms with E-state index < -0.39 is 0 Å². The third kappa shape index (κ3) is 4.25. The summed E-state index contributed by atoms with van der Waals surface area (Å²) in [7, 11) is 0. The molecule has 0 radical (unpaired) electrons. The molecule has 0 aliphatic heterocycles. The molecule has 2 saturated carbocycles. The SMILES string of the molecule is C/C(=N\NC(=O)C1CC1c1ccccc1)c1ccc(NC(=O)C2CC2)cc1. The first-order chi connectivity index (χ1) is 13.1. The summed E-state index contributed by atoms with van der Waals surface area (Å²) in [4.78, 5) is 24.1. The van der Waals surface area contributed by atoms with E-state index in [9.17, 15) is 9.59 Å². The van der Waals surface area contributed by atoms with Gasteiger partial charge in [0, 0.05) is 17.5 Å². The number of amides is 2. The van der Waals surface area contributed by atoms with Gasteiger partial charge in [0.2, 0.25) is 11.8 Å². The average Bonchev–Trinajstić information content (AvgIpc) is 3.59. The summed E-state index contributed by atoms with van der Waals surface area (Å²) in [6.45, 7) is 1.86. The van der Waals surface area contributed by atoms with E-state index in [0.29, 0.717) is 5.92 Å². The number of anilines is 1. The van der Waals surface area contributed by atoms with Gasteiger partial charge in [0.05, 0.1) is 5.71 Å². The van der Waals surface area contributed by atoms with E-state index >= 15 is 0 Å². The first-order valence-electron chi connectivity index (χ1n) is 9.42. The second-order valence-corrected chi connectivity index (χ2v) is 7.37. The average molecular weight is 361 g/mol. The molecule has 2 N–H and O–H groups in total. The van der Waals surface area contributed by atoms with Crippen LogP contribution in [-0.4, -0.2) is 17.5 Å². The van der Waals surface area contributed by atoms with Crippen LogP contribution in [0.15, 0.2) is 59.7 Å². The van der Waals surface area contributed by atoms with Crippen LogP contribution in [0.3, 0.4) is 0 Å². The first-order valence-corrected chi connectivity index (χ1v) is 9.42. The van der Waals surface area contributed by atoms with E-state index in [2.05, 4.69) is 28.0 Å². The van der Waals surface area contributed by atoms with Gasteiger partial charge < -0.3 is 5.32 Å². The number of nitrogens with one attached hydrogen (secondary N) is 2. The van der Waals surface area contributed by atoms with Crippen LogP contribution in [0, 0.1) is 11.8 Å². The lowest BCUT2D eigenvalue weighted by Crippen LogP contribution is -2.21. The van der Waals surface area contributed by atoms with Crippen LogP contribution in [0.25, 0.3) is 0 Å². The van der Waals surface area contributed by atoms with Crippen LogP contribution < -0.4 is 10.7 Å². The van der Waals surface area contributed by atoms with Crippen molar-refractivity contribution in [2.24, 2.45) is 16.9 Å². The van der Waals surface area contributed by atoms with E-state index in [1.54, 1.807) is 0 Å². The summed E-state index contributed by atoms with van der Waals surface area (Å²) in [5.74, 6) is 0.555. The molecule has 138 valence electrons. The van der Waals surface area contributed by atoms with Crippen molar-refractivity contribution in [3.63, 3.8) is 0 Å². The van der Waals surface area contributed by atoms with Gasteiger partial charge in [0.15, 0.2) is 0 Å². The van der Waals surface area contributed by atoms with Gasteiger partial charge >= 0.3 is 0 Å². The Hall–Kier alpha value is -2.95. The van der Waals surface area contributed by atoms with Gasteiger partial charge in [-0.3, -0.25) is 9.59 Å². The first kappa shape index (κ1) is 17.5. The zero-order valence-electron chi connectivity index (χ0n) is 15.3. The molecule has 2 aromatic rings. The minimum atomic E-state index is -0.0310. The van der Waals surface area contributed by atoms with Crippen LogP contribution in [-0.2, 0) is 9.59 Å². The minimum Gasteiger partial charge on any atom is -0.326 e. The Morgan fingerprint density at radius 2 is 1.67 bits per heavy atom. The smallest absolute Gasteiger partial charge is 0.243 e. The fourth-order valence-electron chi connectivity index (χ4n) is 3.22. The standard InChI is InChI=1S/C22H23N3O2/c1-14(15-9-11-18(12-10-15)23-21(26)17-7-8-17)24-25-22(27)20-13-19(20)16-5-3-2-4-6-16/h2-6,9-12,17,19-20H,7-8,13H2,1H3,(H,23,26)(H,25,27)/b24-14+. The minimum absolute atomic E-state index is 0.00367. The van der Waals surface area contributed by atoms with Crippen LogP contribution in [0.2, 0.25) is 0 Å². The van der Waals surface area contributed by atoms with E-state index in [-0.39, 0.29) is 23.7 Å². The Morgan fingerprint density at radius 3 is 2.33 bits per heavy atom. The number of nitrogens with zero attached hydrogens (tertiary/aromatic N) is 1. The van der Waals surface area contributed by atoms with Crippen molar-refractivity contribution in [2.75, 3.05) is 5.32 Å². The Balaban J connectivity index is 1.31. The lowest BCUT2D eigenvalue weighted by atomic mass is 10.1. The molecule has 2 atom stereocenters. The van der Waals surface area contributed by atoms with Crippen molar-refractivity contribution in [3.05, 3.63) is 65.7 Å². The zero-order chi connectivity index (χ0) is 18.8. The number of benzene rings is 2. The lowest BCUT2D eigenvalue weighted by molar-refractivity contribution is -0.122. The van der Waals surface area contributed by atoms with Crippen LogP contribution in [0.4, 0.5) is 5.69 Å². The predicted molar refractivity (Wildman–Crippen MR) is 105 cm³/mol. The molecule has 0 spiro atoms. The number of hydrogen-bond acceptors (Lipinski definition) is 3. The Morgan fingerprint density at radius 1 is 0.963 bits per heavy atom. The molecule has 2 aliphatic rings. The van der Waals surface area contributed by atoms with E-state index in [4.69, 9.17) is 0 Å². The zero-order valence-corrected chi connectivity index (χ0v) is 15.3. The summed E-state index contributed by atoms with van der Waals surface area (Å²) in [6.07, 6.45) is 2.85. The normalized spacial score (nSPS) is 21.4. The number of hydrogen-bond donors (Lipinski definition) is 2. The molecule has 0 saturated heterocycles. The van der Waals surface area contributed by atoms with E-state index in [1.807, 2.05) is 49.4 Å². The molecule has 2 aliphatic carbocycles. The summed E-state index contributed by atoms with van der Waals surface area (Å²) >= 11 is 0. The molecule has 5 heteroatoms. The van der Waals surface area contributed by atoms with Gasteiger partial charge in [-0.2, -0.15) is 5.10 Å². The molecule has 4 rings (SSSR count). The maximum Gasteiger partial charge on any atom is 0.243 e. The second-order valence-electron chi connectivity index (χ2n) is 7.37. The van der Waals surface area contributed by atoms with Gasteiger partial charge in [-0.05, 0) is 55.4 Å². The van der Waals surface area contributed by atoms with Crippen LogP contribution in [0.5, 0.6) is 0 Å². The Bertz CT molecular complexity index is 870. The molecule has 0 aromatic heterocycles. The maximum absolute atomic E-state index is 12.3. The van der Waals surface area contributed by atoms with Crippen molar-refractivity contribution in [3.8, 4) is 0 Å². The van der Waals surface area contributed by atoms with E-state index in [0.717, 1.165) is 36.2 Å². The number of carbonyl (C=O) groups is 2. The summed E-state index contributed by atoms with van der Waals surface area (Å²) in [6, 6.07) is 17.6. The predicted octanol–water partition coefficient (Wildman–Crippen LogP) is 3.68. The van der Waals surface area contributed by atoms with E-state index in [1.165, 1.54) is 5.56 Å². The Kier molecular flexibility index (Phi) is 4.75. The molecule has 2 amide bonds. The van der Waals surface area contributed by atoms with Crippen molar-refractivity contribution in [1.29, 1.82) is 0 Å². The van der Waals surface area contributed by atoms with Gasteiger partial charge in [-0.15, -0.1) is 0 Å². The highest BCUT2D eigenvalue weighted by molar-refractivity contribution is 6.00. The maximum atomic E-state index is 12.3.